The molecule has 0 unspecified atom stereocenters. The van der Waals surface area contributed by atoms with Crippen LogP contribution in [0.15, 0.2) is 18.2 Å². The van der Waals surface area contributed by atoms with E-state index in [-0.39, 0.29) is 17.6 Å². The van der Waals surface area contributed by atoms with E-state index in [4.69, 9.17) is 11.6 Å². The Balaban J connectivity index is 3.17. The van der Waals surface area contributed by atoms with E-state index in [2.05, 4.69) is 6.92 Å². The van der Waals surface area contributed by atoms with Gasteiger partial charge < -0.3 is 4.90 Å². The molecule has 0 N–H and O–H groups in total. The summed E-state index contributed by atoms with van der Waals surface area (Å²) >= 11 is 5.66. The lowest BCUT2D eigenvalue weighted by Gasteiger charge is -2.31. The summed E-state index contributed by atoms with van der Waals surface area (Å²) in [4.78, 5) is 1.83. The average molecular weight is 322 g/mol. The molecule has 0 aromatic heterocycles. The molecule has 0 saturated heterocycles. The molecular formula is C16H23ClF3N. The second-order valence-electron chi connectivity index (χ2n) is 5.48. The fraction of sp³-hybridized carbons (Fsp3) is 0.625. The summed E-state index contributed by atoms with van der Waals surface area (Å²) in [5.41, 5.74) is 0.151. The number of alkyl halides is 4. The highest BCUT2D eigenvalue weighted by Crippen LogP contribution is 2.38. The van der Waals surface area contributed by atoms with Crippen molar-refractivity contribution in [2.45, 2.75) is 58.1 Å². The largest absolute Gasteiger partial charge is 0.418 e. The first-order valence-corrected chi connectivity index (χ1v) is 7.87. The minimum Gasteiger partial charge on any atom is -0.369 e. The van der Waals surface area contributed by atoms with Gasteiger partial charge in [-0.05, 0) is 38.0 Å². The highest BCUT2D eigenvalue weighted by atomic mass is 35.5. The van der Waals surface area contributed by atoms with E-state index in [0.29, 0.717) is 12.1 Å². The molecule has 0 aliphatic carbocycles. The van der Waals surface area contributed by atoms with Crippen LogP contribution in [0.4, 0.5) is 18.9 Å². The quantitative estimate of drug-likeness (QED) is 0.450. The van der Waals surface area contributed by atoms with Crippen LogP contribution in [0.25, 0.3) is 0 Å². The lowest BCUT2D eigenvalue weighted by atomic mass is 10.1. The number of nitrogens with zero attached hydrogens (tertiary/aromatic N) is 1. The van der Waals surface area contributed by atoms with Crippen LogP contribution < -0.4 is 4.90 Å². The topological polar surface area (TPSA) is 3.24 Å². The van der Waals surface area contributed by atoms with Crippen LogP contribution in [0, 0.1) is 0 Å². The van der Waals surface area contributed by atoms with Crippen molar-refractivity contribution in [2.24, 2.45) is 0 Å². The van der Waals surface area contributed by atoms with E-state index < -0.39 is 11.7 Å². The average Bonchev–Trinajstić information content (AvgIpc) is 2.42. The zero-order valence-electron chi connectivity index (χ0n) is 12.8. The van der Waals surface area contributed by atoms with Crippen molar-refractivity contribution in [3.8, 4) is 0 Å². The summed E-state index contributed by atoms with van der Waals surface area (Å²) in [6, 6.07) is 4.40. The fourth-order valence-electron chi connectivity index (χ4n) is 2.33. The van der Waals surface area contributed by atoms with Gasteiger partial charge in [0, 0.05) is 24.2 Å². The molecule has 21 heavy (non-hydrogen) atoms. The zero-order chi connectivity index (χ0) is 16.0. The van der Waals surface area contributed by atoms with Gasteiger partial charge in [-0.3, -0.25) is 0 Å². The van der Waals surface area contributed by atoms with Gasteiger partial charge in [-0.15, -0.1) is 11.6 Å². The Kier molecular flexibility index (Phi) is 6.85. The standard InChI is InChI=1S/C16H23ClF3N/c1-4-5-6-9-21(12(2)3)15-8-7-13(11-17)10-14(15)16(18,19)20/h7-8,10,12H,4-6,9,11H2,1-3H3. The molecule has 1 nitrogen and oxygen atoms in total. The van der Waals surface area contributed by atoms with E-state index >= 15 is 0 Å². The summed E-state index contributed by atoms with van der Waals surface area (Å²) in [6.07, 6.45) is -1.41. The second-order valence-corrected chi connectivity index (χ2v) is 5.74. The first-order chi connectivity index (χ1) is 9.81. The van der Waals surface area contributed by atoms with E-state index in [9.17, 15) is 13.2 Å². The van der Waals surface area contributed by atoms with E-state index in [1.807, 2.05) is 18.7 Å². The molecule has 120 valence electrons. The van der Waals surface area contributed by atoms with E-state index in [1.165, 1.54) is 0 Å². The van der Waals surface area contributed by atoms with Crippen molar-refractivity contribution in [1.82, 2.24) is 0 Å². The zero-order valence-corrected chi connectivity index (χ0v) is 13.6. The van der Waals surface area contributed by atoms with Crippen molar-refractivity contribution in [3.63, 3.8) is 0 Å². The molecule has 0 aliphatic heterocycles. The molecule has 0 fully saturated rings. The van der Waals surface area contributed by atoms with Crippen molar-refractivity contribution in [2.75, 3.05) is 11.4 Å². The van der Waals surface area contributed by atoms with Gasteiger partial charge in [-0.1, -0.05) is 25.8 Å². The molecule has 0 radical (unpaired) electrons. The lowest BCUT2D eigenvalue weighted by Crippen LogP contribution is -2.33. The van der Waals surface area contributed by atoms with Crippen LogP contribution in [0.3, 0.4) is 0 Å². The molecule has 0 amide bonds. The lowest BCUT2D eigenvalue weighted by molar-refractivity contribution is -0.137. The first-order valence-electron chi connectivity index (χ1n) is 7.34. The molecule has 0 atom stereocenters. The third-order valence-corrected chi connectivity index (χ3v) is 3.76. The van der Waals surface area contributed by atoms with Gasteiger partial charge in [0.05, 0.1) is 5.56 Å². The molecular weight excluding hydrogens is 299 g/mol. The number of hydrogen-bond donors (Lipinski definition) is 0. The summed E-state index contributed by atoms with van der Waals surface area (Å²) in [6.45, 7) is 6.55. The smallest absolute Gasteiger partial charge is 0.369 e. The van der Waals surface area contributed by atoms with Gasteiger partial charge >= 0.3 is 6.18 Å². The minimum absolute atomic E-state index is 0.0183. The molecule has 1 aromatic carbocycles. The number of unbranched alkanes of at least 4 members (excludes halogenated alkanes) is 2. The number of halogens is 4. The van der Waals surface area contributed by atoms with Crippen LogP contribution in [-0.4, -0.2) is 12.6 Å². The van der Waals surface area contributed by atoms with Crippen LogP contribution in [0.5, 0.6) is 0 Å². The number of hydrogen-bond acceptors (Lipinski definition) is 1. The molecule has 1 aromatic rings. The summed E-state index contributed by atoms with van der Waals surface area (Å²) in [5.74, 6) is 0.0842. The van der Waals surface area contributed by atoms with Crippen LogP contribution >= 0.6 is 11.6 Å². The van der Waals surface area contributed by atoms with Crippen LogP contribution in [0.1, 0.15) is 51.2 Å². The molecule has 5 heteroatoms. The molecule has 0 saturated carbocycles. The Morgan fingerprint density at radius 3 is 2.33 bits per heavy atom. The van der Waals surface area contributed by atoms with Gasteiger partial charge in [-0.2, -0.15) is 13.2 Å². The Labute approximate surface area is 130 Å². The van der Waals surface area contributed by atoms with Crippen molar-refractivity contribution in [3.05, 3.63) is 29.3 Å². The van der Waals surface area contributed by atoms with Crippen molar-refractivity contribution in [1.29, 1.82) is 0 Å². The van der Waals surface area contributed by atoms with Crippen molar-refractivity contribution >= 4 is 17.3 Å². The number of benzene rings is 1. The van der Waals surface area contributed by atoms with Gasteiger partial charge in [-0.25, -0.2) is 0 Å². The number of anilines is 1. The summed E-state index contributed by atoms with van der Waals surface area (Å²) < 4.78 is 39.9. The predicted octanol–water partition coefficient (Wildman–Crippen LogP) is 5.85. The van der Waals surface area contributed by atoms with Gasteiger partial charge in [0.15, 0.2) is 0 Å². The van der Waals surface area contributed by atoms with Crippen LogP contribution in [-0.2, 0) is 12.1 Å². The van der Waals surface area contributed by atoms with Crippen LogP contribution in [0.2, 0.25) is 0 Å². The SMILES string of the molecule is CCCCCN(c1ccc(CCl)cc1C(F)(F)F)C(C)C. The Bertz CT molecular complexity index is 444. The molecule has 0 aliphatic rings. The number of rotatable bonds is 7. The van der Waals surface area contributed by atoms with E-state index in [1.54, 1.807) is 12.1 Å². The Hall–Kier alpha value is -0.900. The fourth-order valence-corrected chi connectivity index (χ4v) is 2.50. The highest BCUT2D eigenvalue weighted by molar-refractivity contribution is 6.17. The maximum absolute atomic E-state index is 13.3. The molecule has 0 spiro atoms. The maximum Gasteiger partial charge on any atom is 0.418 e. The van der Waals surface area contributed by atoms with Gasteiger partial charge in [0.2, 0.25) is 0 Å². The maximum atomic E-state index is 13.3. The first kappa shape index (κ1) is 18.1. The molecule has 0 bridgehead atoms. The monoisotopic (exact) mass is 321 g/mol. The van der Waals surface area contributed by atoms with E-state index in [0.717, 1.165) is 25.3 Å². The minimum atomic E-state index is -4.37. The normalized spacial score (nSPS) is 12.0. The Morgan fingerprint density at radius 2 is 1.86 bits per heavy atom. The third-order valence-electron chi connectivity index (χ3n) is 3.46. The predicted molar refractivity (Wildman–Crippen MR) is 83.0 cm³/mol. The van der Waals surface area contributed by atoms with Crippen molar-refractivity contribution < 1.29 is 13.2 Å². The summed E-state index contributed by atoms with van der Waals surface area (Å²) in [5, 5.41) is 0. The Morgan fingerprint density at radius 1 is 1.19 bits per heavy atom. The second kappa shape index (κ2) is 7.92. The molecule has 1 rings (SSSR count). The van der Waals surface area contributed by atoms with Gasteiger partial charge in [0.25, 0.3) is 0 Å². The molecule has 0 heterocycles. The van der Waals surface area contributed by atoms with Gasteiger partial charge in [0.1, 0.15) is 0 Å². The summed E-state index contributed by atoms with van der Waals surface area (Å²) in [7, 11) is 0. The third kappa shape index (κ3) is 5.10. The highest BCUT2D eigenvalue weighted by Gasteiger charge is 2.35.